The average Bonchev–Trinajstić information content (AvgIpc) is 2.17. The molecule has 0 aliphatic carbocycles. The summed E-state index contributed by atoms with van der Waals surface area (Å²) >= 11 is 0. The summed E-state index contributed by atoms with van der Waals surface area (Å²) in [6, 6.07) is 3.21. The third kappa shape index (κ3) is 2.73. The summed E-state index contributed by atoms with van der Waals surface area (Å²) in [5.74, 6) is -0.189. The molecule has 15 heavy (non-hydrogen) atoms. The zero-order valence-corrected chi connectivity index (χ0v) is 7.44. The minimum Gasteiger partial charge on any atom is -0.434 e. The van der Waals surface area contributed by atoms with E-state index >= 15 is 0 Å². The third-order valence-corrected chi connectivity index (χ3v) is 1.58. The third-order valence-electron chi connectivity index (χ3n) is 1.58. The van der Waals surface area contributed by atoms with Gasteiger partial charge in [-0.1, -0.05) is 6.58 Å². The van der Waals surface area contributed by atoms with Crippen molar-refractivity contribution in [2.45, 2.75) is 6.61 Å². The Bertz CT molecular complexity index is 393. The van der Waals surface area contributed by atoms with Crippen molar-refractivity contribution in [1.82, 2.24) is 0 Å². The molecule has 4 nitrogen and oxygen atoms in total. The molecule has 1 radical (unpaired) electrons. The van der Waals surface area contributed by atoms with Gasteiger partial charge in [-0.3, -0.25) is 10.1 Å². The lowest BCUT2D eigenvalue weighted by atomic mass is 10.2. The van der Waals surface area contributed by atoms with Crippen LogP contribution < -0.4 is 4.74 Å². The number of nitro groups is 1. The molecule has 0 bridgehead atoms. The summed E-state index contributed by atoms with van der Waals surface area (Å²) in [7, 11) is 0. The van der Waals surface area contributed by atoms with Crippen LogP contribution in [-0.4, -0.2) is 11.5 Å². The number of rotatable bonds is 4. The number of alkyl halides is 2. The van der Waals surface area contributed by atoms with Gasteiger partial charge in [-0.05, 0) is 12.1 Å². The first-order valence-electron chi connectivity index (χ1n) is 3.81. The SMILES string of the molecule is C=[C]c1cc([N+](=O)[O-])ccc1OC(F)F. The van der Waals surface area contributed by atoms with Crippen molar-refractivity contribution in [3.05, 3.63) is 46.5 Å². The van der Waals surface area contributed by atoms with Gasteiger partial charge in [-0.2, -0.15) is 8.78 Å². The number of benzene rings is 1. The van der Waals surface area contributed by atoms with Crippen LogP contribution in [0.5, 0.6) is 5.75 Å². The Morgan fingerprint density at radius 1 is 1.53 bits per heavy atom. The smallest absolute Gasteiger partial charge is 0.387 e. The maximum absolute atomic E-state index is 11.9. The molecule has 0 N–H and O–H groups in total. The Balaban J connectivity index is 3.09. The maximum Gasteiger partial charge on any atom is 0.387 e. The monoisotopic (exact) mass is 214 g/mol. The fourth-order valence-electron chi connectivity index (χ4n) is 0.968. The molecule has 0 saturated heterocycles. The van der Waals surface area contributed by atoms with Crippen molar-refractivity contribution >= 4 is 5.69 Å². The second kappa shape index (κ2) is 4.50. The molecule has 0 unspecified atom stereocenters. The van der Waals surface area contributed by atoms with Gasteiger partial charge in [0.05, 0.1) is 4.92 Å². The number of ether oxygens (including phenoxy) is 1. The van der Waals surface area contributed by atoms with E-state index in [-0.39, 0.29) is 17.0 Å². The molecule has 1 rings (SSSR count). The highest BCUT2D eigenvalue weighted by molar-refractivity contribution is 5.46. The highest BCUT2D eigenvalue weighted by Gasteiger charge is 2.12. The van der Waals surface area contributed by atoms with E-state index in [9.17, 15) is 18.9 Å². The van der Waals surface area contributed by atoms with E-state index in [1.165, 1.54) is 0 Å². The van der Waals surface area contributed by atoms with Gasteiger partial charge in [0.1, 0.15) is 5.75 Å². The van der Waals surface area contributed by atoms with Crippen molar-refractivity contribution in [2.24, 2.45) is 0 Å². The average molecular weight is 214 g/mol. The molecule has 0 saturated carbocycles. The van der Waals surface area contributed by atoms with Crippen LogP contribution in [0.4, 0.5) is 14.5 Å². The van der Waals surface area contributed by atoms with Gasteiger partial charge in [0.15, 0.2) is 0 Å². The highest BCUT2D eigenvalue weighted by Crippen LogP contribution is 2.25. The van der Waals surface area contributed by atoms with E-state index < -0.39 is 11.5 Å². The van der Waals surface area contributed by atoms with E-state index in [4.69, 9.17) is 0 Å². The van der Waals surface area contributed by atoms with Crippen LogP contribution in [0.25, 0.3) is 0 Å². The van der Waals surface area contributed by atoms with E-state index in [0.717, 1.165) is 18.2 Å². The van der Waals surface area contributed by atoms with Gasteiger partial charge >= 0.3 is 6.61 Å². The molecule has 6 heteroatoms. The second-order valence-electron chi connectivity index (χ2n) is 2.49. The Morgan fingerprint density at radius 2 is 2.20 bits per heavy atom. The molecule has 0 fully saturated rings. The summed E-state index contributed by atoms with van der Waals surface area (Å²) in [5.41, 5.74) is -0.202. The van der Waals surface area contributed by atoms with Crippen LogP contribution >= 0.6 is 0 Å². The van der Waals surface area contributed by atoms with Crippen molar-refractivity contribution in [3.63, 3.8) is 0 Å². The van der Waals surface area contributed by atoms with Gasteiger partial charge in [0, 0.05) is 17.7 Å². The molecular formula is C9H6F2NO3. The second-order valence-corrected chi connectivity index (χ2v) is 2.49. The standard InChI is InChI=1S/C9H6F2NO3/c1-2-6-5-7(12(13)14)3-4-8(6)15-9(10)11/h3-5,9H,1H2. The van der Waals surface area contributed by atoms with Crippen molar-refractivity contribution in [2.75, 3.05) is 0 Å². The predicted octanol–water partition coefficient (Wildman–Crippen LogP) is 2.53. The Kier molecular flexibility index (Phi) is 3.33. The molecule has 0 aliphatic rings. The fraction of sp³-hybridized carbons (Fsp3) is 0.111. The van der Waals surface area contributed by atoms with Crippen molar-refractivity contribution in [1.29, 1.82) is 0 Å². The molecule has 1 aromatic rings. The van der Waals surface area contributed by atoms with Crippen LogP contribution in [0.2, 0.25) is 0 Å². The molecule has 0 aliphatic heterocycles. The summed E-state index contributed by atoms with van der Waals surface area (Å²) in [6.07, 6.45) is 2.28. The van der Waals surface area contributed by atoms with Crippen molar-refractivity contribution in [3.8, 4) is 5.75 Å². The minimum absolute atomic E-state index is 0.0319. The summed E-state index contributed by atoms with van der Waals surface area (Å²) in [5, 5.41) is 10.4. The first kappa shape index (κ1) is 11.1. The van der Waals surface area contributed by atoms with E-state index in [0.29, 0.717) is 0 Å². The number of nitrogens with zero attached hydrogens (tertiary/aromatic N) is 1. The van der Waals surface area contributed by atoms with Gasteiger partial charge < -0.3 is 4.74 Å². The van der Waals surface area contributed by atoms with Gasteiger partial charge in [0.2, 0.25) is 0 Å². The number of hydrogen-bond donors (Lipinski definition) is 0. The zero-order valence-electron chi connectivity index (χ0n) is 7.44. The summed E-state index contributed by atoms with van der Waals surface area (Å²) in [6.45, 7) is 0.239. The van der Waals surface area contributed by atoms with Crippen LogP contribution in [0.3, 0.4) is 0 Å². The number of halogens is 2. The topological polar surface area (TPSA) is 52.4 Å². The van der Waals surface area contributed by atoms with E-state index in [1.807, 2.05) is 0 Å². The lowest BCUT2D eigenvalue weighted by molar-refractivity contribution is -0.384. The Labute approximate surface area is 83.9 Å². The first-order chi connectivity index (χ1) is 7.04. The molecule has 0 amide bonds. The van der Waals surface area contributed by atoms with E-state index in [2.05, 4.69) is 17.4 Å². The van der Waals surface area contributed by atoms with Crippen molar-refractivity contribution < 1.29 is 18.4 Å². The van der Waals surface area contributed by atoms with Gasteiger partial charge in [0.25, 0.3) is 5.69 Å². The van der Waals surface area contributed by atoms with Crippen LogP contribution in [0.1, 0.15) is 5.56 Å². The lowest BCUT2D eigenvalue weighted by Crippen LogP contribution is -2.03. The molecule has 0 aromatic heterocycles. The lowest BCUT2D eigenvalue weighted by Gasteiger charge is -2.06. The number of nitro benzene ring substituents is 1. The zero-order chi connectivity index (χ0) is 11.4. The first-order valence-corrected chi connectivity index (χ1v) is 3.81. The summed E-state index contributed by atoms with van der Waals surface area (Å²) < 4.78 is 27.9. The molecule has 0 spiro atoms. The minimum atomic E-state index is -2.99. The Hall–Kier alpha value is -1.98. The largest absolute Gasteiger partial charge is 0.434 e. The fourth-order valence-corrected chi connectivity index (χ4v) is 0.968. The van der Waals surface area contributed by atoms with E-state index in [1.54, 1.807) is 0 Å². The number of non-ortho nitro benzene ring substituents is 1. The quantitative estimate of drug-likeness (QED) is 0.571. The predicted molar refractivity (Wildman–Crippen MR) is 47.7 cm³/mol. The van der Waals surface area contributed by atoms with Crippen LogP contribution in [-0.2, 0) is 0 Å². The maximum atomic E-state index is 11.9. The Morgan fingerprint density at radius 3 is 2.67 bits per heavy atom. The number of hydrogen-bond acceptors (Lipinski definition) is 3. The van der Waals surface area contributed by atoms with Crippen LogP contribution in [0.15, 0.2) is 24.8 Å². The highest BCUT2D eigenvalue weighted by atomic mass is 19.3. The van der Waals surface area contributed by atoms with Gasteiger partial charge in [-0.25, -0.2) is 0 Å². The van der Waals surface area contributed by atoms with Gasteiger partial charge in [-0.15, -0.1) is 0 Å². The molecule has 0 heterocycles. The molecule has 0 atom stereocenters. The van der Waals surface area contributed by atoms with Crippen LogP contribution in [0, 0.1) is 16.2 Å². The molecular weight excluding hydrogens is 208 g/mol. The molecule has 79 valence electrons. The molecule has 1 aromatic carbocycles. The normalized spacial score (nSPS) is 10.1. The summed E-state index contributed by atoms with van der Waals surface area (Å²) in [4.78, 5) is 9.73.